The number of nitrogens with one attached hydrogen (secondary N) is 1. The lowest BCUT2D eigenvalue weighted by Gasteiger charge is -2.19. The number of nitrogens with zero attached hydrogens (tertiary/aromatic N) is 2. The molecular formula is C14H17N5O4. The third kappa shape index (κ3) is 3.84. The molecule has 1 atom stereocenters. The molecule has 2 rings (SSSR count). The fourth-order valence-electron chi connectivity index (χ4n) is 1.95. The maximum Gasteiger partial charge on any atom is 0.337 e. The van der Waals surface area contributed by atoms with Crippen LogP contribution in [0.4, 0.5) is 5.69 Å². The number of nitrogens with two attached hydrogens (primary N) is 2. The zero-order chi connectivity index (χ0) is 17.2. The average Bonchev–Trinajstić information content (AvgIpc) is 2.88. The van der Waals surface area contributed by atoms with Gasteiger partial charge >= 0.3 is 5.97 Å². The van der Waals surface area contributed by atoms with Gasteiger partial charge in [0.1, 0.15) is 0 Å². The number of amides is 1. The van der Waals surface area contributed by atoms with E-state index in [1.165, 1.54) is 31.0 Å². The van der Waals surface area contributed by atoms with Crippen LogP contribution in [0.2, 0.25) is 0 Å². The number of hydrogen-bond acceptors (Lipinski definition) is 7. The molecule has 0 saturated carbocycles. The van der Waals surface area contributed by atoms with E-state index in [1.54, 1.807) is 18.2 Å². The van der Waals surface area contributed by atoms with Crippen molar-refractivity contribution in [1.82, 2.24) is 9.78 Å². The first-order chi connectivity index (χ1) is 10.7. The van der Waals surface area contributed by atoms with Gasteiger partial charge in [-0.3, -0.25) is 10.5 Å². The minimum absolute atomic E-state index is 0.0980. The second-order valence-corrected chi connectivity index (χ2v) is 5.01. The second kappa shape index (κ2) is 6.07. The van der Waals surface area contributed by atoms with Gasteiger partial charge in [-0.2, -0.15) is 5.10 Å². The van der Waals surface area contributed by atoms with Crippen molar-refractivity contribution in [3.63, 3.8) is 0 Å². The Balaban J connectivity index is 2.46. The number of benzene rings is 1. The number of ether oxygens (including phenoxy) is 1. The number of carbonyl (C=O) groups is 2. The Morgan fingerprint density at radius 2 is 2.13 bits per heavy atom. The van der Waals surface area contributed by atoms with E-state index in [0.717, 1.165) is 0 Å². The summed E-state index contributed by atoms with van der Waals surface area (Å²) in [6.45, 7) is 1.30. The zero-order valence-corrected chi connectivity index (χ0v) is 12.6. The van der Waals surface area contributed by atoms with Gasteiger partial charge < -0.3 is 20.9 Å². The summed E-state index contributed by atoms with van der Waals surface area (Å²) in [4.78, 5) is 23.1. The van der Waals surface area contributed by atoms with E-state index in [4.69, 9.17) is 11.5 Å². The van der Waals surface area contributed by atoms with Crippen LogP contribution in [0.3, 0.4) is 0 Å². The summed E-state index contributed by atoms with van der Waals surface area (Å²) in [6, 6.07) is 6.43. The minimum atomic E-state index is -1.76. The highest BCUT2D eigenvalue weighted by atomic mass is 16.5. The smallest absolute Gasteiger partial charge is 0.337 e. The van der Waals surface area contributed by atoms with Crippen LogP contribution in [0.5, 0.6) is 0 Å². The number of primary amides is 1. The molecule has 1 aromatic carbocycles. The first kappa shape index (κ1) is 16.5. The highest BCUT2D eigenvalue weighted by Gasteiger charge is 2.21. The van der Waals surface area contributed by atoms with Gasteiger partial charge in [0.2, 0.25) is 0 Å². The summed E-state index contributed by atoms with van der Waals surface area (Å²) in [5.74, 6) is -3.05. The van der Waals surface area contributed by atoms with E-state index in [-0.39, 0.29) is 11.4 Å². The van der Waals surface area contributed by atoms with Crippen molar-refractivity contribution < 1.29 is 19.4 Å². The number of esters is 1. The second-order valence-electron chi connectivity index (χ2n) is 5.01. The van der Waals surface area contributed by atoms with Gasteiger partial charge in [-0.25, -0.2) is 9.48 Å². The number of anilines is 1. The van der Waals surface area contributed by atoms with Gasteiger partial charge in [0.15, 0.2) is 11.5 Å². The Hall–Kier alpha value is -2.91. The molecule has 2 aromatic rings. The fraction of sp³-hybridized carbons (Fsp3) is 0.214. The van der Waals surface area contributed by atoms with E-state index >= 15 is 0 Å². The molecule has 0 radical (unpaired) electrons. The fourth-order valence-corrected chi connectivity index (χ4v) is 1.95. The van der Waals surface area contributed by atoms with Crippen molar-refractivity contribution in [2.45, 2.75) is 12.8 Å². The van der Waals surface area contributed by atoms with Crippen LogP contribution in [0.1, 0.15) is 27.8 Å². The third-order valence-electron chi connectivity index (χ3n) is 2.87. The molecule has 0 fully saturated rings. The van der Waals surface area contributed by atoms with Gasteiger partial charge in [0.25, 0.3) is 5.91 Å². The molecule has 1 heterocycles. The molecule has 0 saturated heterocycles. The van der Waals surface area contributed by atoms with Crippen LogP contribution in [0.15, 0.2) is 30.5 Å². The Morgan fingerprint density at radius 1 is 1.43 bits per heavy atom. The highest BCUT2D eigenvalue weighted by molar-refractivity contribution is 5.96. The molecule has 0 aliphatic carbocycles. The molecular weight excluding hydrogens is 302 g/mol. The average molecular weight is 319 g/mol. The van der Waals surface area contributed by atoms with Crippen molar-refractivity contribution in [3.05, 3.63) is 41.7 Å². The highest BCUT2D eigenvalue weighted by Crippen LogP contribution is 2.20. The van der Waals surface area contributed by atoms with Crippen molar-refractivity contribution >= 4 is 17.6 Å². The number of carbonyl (C=O) groups excluding carboxylic acids is 2. The molecule has 1 amide bonds. The van der Waals surface area contributed by atoms with Crippen LogP contribution in [0.25, 0.3) is 5.69 Å². The molecule has 9 nitrogen and oxygen atoms in total. The molecule has 0 aliphatic heterocycles. The van der Waals surface area contributed by atoms with Gasteiger partial charge in [0.05, 0.1) is 30.2 Å². The zero-order valence-electron chi connectivity index (χ0n) is 12.6. The SMILES string of the molecule is COC(=O)c1cccc(-n2cc(NC(C)(N)O)c(C(N)=O)n2)c1. The van der Waals surface area contributed by atoms with E-state index in [2.05, 4.69) is 15.2 Å². The largest absolute Gasteiger partial charge is 0.465 e. The van der Waals surface area contributed by atoms with Gasteiger partial charge in [0, 0.05) is 0 Å². The maximum atomic E-state index is 11.6. The van der Waals surface area contributed by atoms with Gasteiger partial charge in [-0.1, -0.05) is 6.07 Å². The van der Waals surface area contributed by atoms with Crippen molar-refractivity contribution in [3.8, 4) is 5.69 Å². The number of aliphatic hydroxyl groups is 1. The molecule has 1 aromatic heterocycles. The molecule has 23 heavy (non-hydrogen) atoms. The summed E-state index contributed by atoms with van der Waals surface area (Å²) in [6.07, 6.45) is 1.43. The standard InChI is InChI=1S/C14H17N5O4/c1-14(16,22)17-10-7-19(18-11(10)12(15)20)9-5-3-4-8(6-9)13(21)23-2/h3-7,17,22H,16H2,1-2H3,(H2,15,20). The van der Waals surface area contributed by atoms with Gasteiger partial charge in [-0.05, 0) is 25.1 Å². The van der Waals surface area contributed by atoms with Crippen molar-refractivity contribution in [1.29, 1.82) is 0 Å². The van der Waals surface area contributed by atoms with E-state index in [9.17, 15) is 14.7 Å². The van der Waals surface area contributed by atoms with Gasteiger partial charge in [-0.15, -0.1) is 0 Å². The topological polar surface area (TPSA) is 145 Å². The van der Waals surface area contributed by atoms with Crippen molar-refractivity contribution in [2.75, 3.05) is 12.4 Å². The van der Waals surface area contributed by atoms with E-state index in [1.807, 2.05) is 0 Å². The molecule has 0 aliphatic rings. The first-order valence-corrected chi connectivity index (χ1v) is 6.59. The van der Waals surface area contributed by atoms with Crippen molar-refractivity contribution in [2.24, 2.45) is 11.5 Å². The molecule has 9 heteroatoms. The Morgan fingerprint density at radius 3 is 2.70 bits per heavy atom. The molecule has 0 bridgehead atoms. The monoisotopic (exact) mass is 319 g/mol. The van der Waals surface area contributed by atoms with E-state index in [0.29, 0.717) is 11.3 Å². The summed E-state index contributed by atoms with van der Waals surface area (Å²) in [7, 11) is 1.28. The Bertz CT molecular complexity index is 748. The summed E-state index contributed by atoms with van der Waals surface area (Å²) in [5.41, 5.74) is 11.6. The predicted molar refractivity (Wildman–Crippen MR) is 81.9 cm³/mol. The number of rotatable bonds is 5. The molecule has 0 spiro atoms. The lowest BCUT2D eigenvalue weighted by Crippen LogP contribution is -2.44. The number of aromatic nitrogens is 2. The summed E-state index contributed by atoms with van der Waals surface area (Å²) >= 11 is 0. The van der Waals surface area contributed by atoms with E-state index < -0.39 is 17.7 Å². The minimum Gasteiger partial charge on any atom is -0.465 e. The Labute approximate surface area is 131 Å². The van der Waals surface area contributed by atoms with Crippen LogP contribution in [-0.4, -0.2) is 39.7 Å². The van der Waals surface area contributed by atoms with Crippen LogP contribution >= 0.6 is 0 Å². The molecule has 1 unspecified atom stereocenters. The maximum absolute atomic E-state index is 11.6. The lowest BCUT2D eigenvalue weighted by molar-refractivity contribution is 0.0600. The normalized spacial score (nSPS) is 13.2. The Kier molecular flexibility index (Phi) is 4.34. The molecule has 122 valence electrons. The molecule has 6 N–H and O–H groups in total. The van der Waals surface area contributed by atoms with Crippen LogP contribution in [0, 0.1) is 0 Å². The van der Waals surface area contributed by atoms with Crippen LogP contribution < -0.4 is 16.8 Å². The summed E-state index contributed by atoms with van der Waals surface area (Å²) < 4.78 is 5.99. The predicted octanol–water partition coefficient (Wildman–Crippen LogP) is -0.206. The first-order valence-electron chi connectivity index (χ1n) is 6.59. The lowest BCUT2D eigenvalue weighted by atomic mass is 10.2. The quantitative estimate of drug-likeness (QED) is 0.441. The third-order valence-corrected chi connectivity index (χ3v) is 2.87. The summed E-state index contributed by atoms with van der Waals surface area (Å²) in [5, 5.41) is 16.2. The number of methoxy groups -OCH3 is 1. The number of hydrogen-bond donors (Lipinski definition) is 4. The van der Waals surface area contributed by atoms with Crippen LogP contribution in [-0.2, 0) is 4.74 Å².